The molecule has 0 bridgehead atoms. The Morgan fingerprint density at radius 2 is 2.18 bits per heavy atom. The number of nitrogens with two attached hydrogens (primary N) is 1. The normalized spacial score (nSPS) is 11.4. The van der Waals surface area contributed by atoms with Gasteiger partial charge in [0.25, 0.3) is 10.0 Å². The average molecular weight is 273 g/mol. The van der Waals surface area contributed by atoms with Crippen molar-refractivity contribution in [3.8, 4) is 0 Å². The fourth-order valence-corrected chi connectivity index (χ4v) is 3.12. The maximum Gasteiger partial charge on any atom is 0.265 e. The summed E-state index contributed by atoms with van der Waals surface area (Å²) in [6.07, 6.45) is 1.46. The van der Waals surface area contributed by atoms with Crippen LogP contribution in [-0.4, -0.2) is 13.4 Å². The summed E-state index contributed by atoms with van der Waals surface area (Å²) in [6, 6.07) is 3.16. The molecule has 2 rings (SSSR count). The lowest BCUT2D eigenvalue weighted by molar-refractivity contribution is 0.596. The van der Waals surface area contributed by atoms with Gasteiger partial charge in [-0.05, 0) is 18.2 Å². The summed E-state index contributed by atoms with van der Waals surface area (Å²) in [5.41, 5.74) is 5.48. The molecule has 0 fully saturated rings. The summed E-state index contributed by atoms with van der Waals surface area (Å²) >= 11 is 1.12. The fourth-order valence-electron chi connectivity index (χ4n) is 1.18. The van der Waals surface area contributed by atoms with Crippen molar-refractivity contribution >= 4 is 32.2 Å². The number of nitrogens with zero attached hydrogens (tertiary/aromatic N) is 1. The Morgan fingerprint density at radius 1 is 1.41 bits per heavy atom. The smallest absolute Gasteiger partial charge is 0.265 e. The van der Waals surface area contributed by atoms with E-state index in [-0.39, 0.29) is 15.7 Å². The van der Waals surface area contributed by atoms with Crippen molar-refractivity contribution in [3.63, 3.8) is 0 Å². The molecule has 0 amide bonds. The van der Waals surface area contributed by atoms with Crippen molar-refractivity contribution in [1.82, 2.24) is 4.98 Å². The first kappa shape index (κ1) is 11.8. The van der Waals surface area contributed by atoms with Crippen molar-refractivity contribution in [1.29, 1.82) is 0 Å². The maximum atomic E-state index is 13.0. The van der Waals surface area contributed by atoms with Gasteiger partial charge in [0.2, 0.25) is 0 Å². The van der Waals surface area contributed by atoms with E-state index < -0.39 is 15.8 Å². The molecule has 8 heteroatoms. The summed E-state index contributed by atoms with van der Waals surface area (Å²) in [5.74, 6) is -0.668. The molecule has 0 aliphatic heterocycles. The van der Waals surface area contributed by atoms with Gasteiger partial charge in [-0.15, -0.1) is 11.3 Å². The molecule has 0 spiro atoms. The largest absolute Gasteiger partial charge is 0.398 e. The Kier molecular flexibility index (Phi) is 2.99. The topological polar surface area (TPSA) is 85.1 Å². The number of nitrogens with one attached hydrogen (secondary N) is 1. The summed E-state index contributed by atoms with van der Waals surface area (Å²) in [4.78, 5) is 3.47. The van der Waals surface area contributed by atoms with Gasteiger partial charge in [0.15, 0.2) is 5.13 Å². The van der Waals surface area contributed by atoms with Gasteiger partial charge in [-0.2, -0.15) is 0 Å². The van der Waals surface area contributed by atoms with Crippen LogP contribution < -0.4 is 10.5 Å². The number of rotatable bonds is 3. The molecule has 0 saturated carbocycles. The van der Waals surface area contributed by atoms with Crippen LogP contribution in [0, 0.1) is 5.82 Å². The quantitative estimate of drug-likeness (QED) is 0.833. The number of halogens is 1. The van der Waals surface area contributed by atoms with Crippen molar-refractivity contribution in [2.45, 2.75) is 4.90 Å². The minimum absolute atomic E-state index is 0.0181. The Bertz CT molecular complexity index is 626. The third-order valence-corrected chi connectivity index (χ3v) is 4.13. The highest BCUT2D eigenvalue weighted by molar-refractivity contribution is 7.93. The molecule has 0 unspecified atom stereocenters. The Balaban J connectivity index is 2.41. The van der Waals surface area contributed by atoms with E-state index in [1.165, 1.54) is 12.3 Å². The van der Waals surface area contributed by atoms with Gasteiger partial charge in [-0.1, -0.05) is 0 Å². The maximum absolute atomic E-state index is 13.0. The number of nitrogen functional groups attached to an aromatic ring is 1. The van der Waals surface area contributed by atoms with E-state index in [2.05, 4.69) is 9.71 Å². The van der Waals surface area contributed by atoms with Crippen LogP contribution in [0.15, 0.2) is 34.7 Å². The molecule has 1 aromatic heterocycles. The number of thiazole rings is 1. The van der Waals surface area contributed by atoms with Gasteiger partial charge < -0.3 is 5.73 Å². The molecule has 1 heterocycles. The summed E-state index contributed by atoms with van der Waals surface area (Å²) in [5, 5.41) is 1.82. The fraction of sp³-hybridized carbons (Fsp3) is 0. The van der Waals surface area contributed by atoms with Gasteiger partial charge in [0.05, 0.1) is 5.69 Å². The lowest BCUT2D eigenvalue weighted by Crippen LogP contribution is -2.14. The molecule has 90 valence electrons. The SMILES string of the molecule is Nc1ccc(F)cc1S(=O)(=O)Nc1nccs1. The van der Waals surface area contributed by atoms with Crippen molar-refractivity contribution in [2.75, 3.05) is 10.5 Å². The molecule has 2 aromatic rings. The van der Waals surface area contributed by atoms with Crippen LogP contribution in [0.2, 0.25) is 0 Å². The zero-order chi connectivity index (χ0) is 12.5. The first-order chi connectivity index (χ1) is 7.99. The number of benzene rings is 1. The number of hydrogen-bond acceptors (Lipinski definition) is 5. The zero-order valence-corrected chi connectivity index (χ0v) is 10.1. The van der Waals surface area contributed by atoms with Gasteiger partial charge in [0.1, 0.15) is 10.7 Å². The number of sulfonamides is 1. The van der Waals surface area contributed by atoms with Gasteiger partial charge in [-0.3, -0.25) is 4.72 Å². The minimum Gasteiger partial charge on any atom is -0.398 e. The predicted molar refractivity (Wildman–Crippen MR) is 63.7 cm³/mol. The highest BCUT2D eigenvalue weighted by Crippen LogP contribution is 2.23. The molecule has 0 saturated heterocycles. The van der Waals surface area contributed by atoms with E-state index in [4.69, 9.17) is 5.73 Å². The molecule has 0 aliphatic carbocycles. The summed E-state index contributed by atoms with van der Waals surface area (Å²) in [6.45, 7) is 0. The second kappa shape index (κ2) is 4.30. The zero-order valence-electron chi connectivity index (χ0n) is 8.42. The average Bonchev–Trinajstić information content (AvgIpc) is 2.73. The van der Waals surface area contributed by atoms with E-state index in [1.54, 1.807) is 5.38 Å². The van der Waals surface area contributed by atoms with Crippen LogP contribution >= 0.6 is 11.3 Å². The highest BCUT2D eigenvalue weighted by Gasteiger charge is 2.19. The molecule has 3 N–H and O–H groups in total. The summed E-state index contributed by atoms with van der Waals surface area (Å²) < 4.78 is 39.0. The van der Waals surface area contributed by atoms with Crippen molar-refractivity contribution in [3.05, 3.63) is 35.6 Å². The van der Waals surface area contributed by atoms with Crippen molar-refractivity contribution < 1.29 is 12.8 Å². The molecule has 5 nitrogen and oxygen atoms in total. The van der Waals surface area contributed by atoms with Crippen LogP contribution in [0.4, 0.5) is 15.2 Å². The molecule has 0 radical (unpaired) electrons. The predicted octanol–water partition coefficient (Wildman–Crippen LogP) is 1.67. The first-order valence-corrected chi connectivity index (χ1v) is 6.83. The number of aromatic nitrogens is 1. The molecular weight excluding hydrogens is 265 g/mol. The van der Waals surface area contributed by atoms with Gasteiger partial charge in [0, 0.05) is 11.6 Å². The molecule has 1 aromatic carbocycles. The van der Waals surface area contributed by atoms with E-state index in [9.17, 15) is 12.8 Å². The monoisotopic (exact) mass is 273 g/mol. The van der Waals surface area contributed by atoms with Crippen LogP contribution in [0.5, 0.6) is 0 Å². The number of hydrogen-bond donors (Lipinski definition) is 2. The minimum atomic E-state index is -3.90. The molecule has 0 atom stereocenters. The Labute approximate surface area is 101 Å². The van der Waals surface area contributed by atoms with Gasteiger partial charge >= 0.3 is 0 Å². The van der Waals surface area contributed by atoms with E-state index in [0.29, 0.717) is 0 Å². The van der Waals surface area contributed by atoms with E-state index in [1.807, 2.05) is 0 Å². The first-order valence-electron chi connectivity index (χ1n) is 4.46. The van der Waals surface area contributed by atoms with E-state index >= 15 is 0 Å². The standard InChI is InChI=1S/C9H8FN3O2S2/c10-6-1-2-7(11)8(5-6)17(14,15)13-9-12-3-4-16-9/h1-5H,11H2,(H,12,13). The third kappa shape index (κ3) is 2.53. The number of anilines is 2. The van der Waals surface area contributed by atoms with E-state index in [0.717, 1.165) is 23.5 Å². The molecular formula is C9H8FN3O2S2. The third-order valence-electron chi connectivity index (χ3n) is 1.92. The second-order valence-corrected chi connectivity index (χ2v) is 5.67. The molecule has 0 aliphatic rings. The Hall–Kier alpha value is -1.67. The van der Waals surface area contributed by atoms with Crippen molar-refractivity contribution in [2.24, 2.45) is 0 Å². The van der Waals surface area contributed by atoms with Crippen LogP contribution in [0.1, 0.15) is 0 Å². The van der Waals surface area contributed by atoms with Crippen LogP contribution in [0.3, 0.4) is 0 Å². The lowest BCUT2D eigenvalue weighted by Gasteiger charge is -2.07. The molecule has 17 heavy (non-hydrogen) atoms. The van der Waals surface area contributed by atoms with Crippen LogP contribution in [-0.2, 0) is 10.0 Å². The van der Waals surface area contributed by atoms with Crippen LogP contribution in [0.25, 0.3) is 0 Å². The Morgan fingerprint density at radius 3 is 2.82 bits per heavy atom. The lowest BCUT2D eigenvalue weighted by atomic mass is 10.3. The highest BCUT2D eigenvalue weighted by atomic mass is 32.2. The summed E-state index contributed by atoms with van der Waals surface area (Å²) in [7, 11) is -3.90. The van der Waals surface area contributed by atoms with Gasteiger partial charge in [-0.25, -0.2) is 17.8 Å². The second-order valence-electron chi connectivity index (χ2n) is 3.12.